The lowest BCUT2D eigenvalue weighted by Gasteiger charge is -2.32. The standard InChI is InChI=1S/C17H28N2O/c1-2-3-4-5-13-20-17-10-8-16(9-11-17)19-12-6-7-15(18)14-19/h8-11,15H,2-7,12-14,18H2,1H3. The van der Waals surface area contributed by atoms with Gasteiger partial charge in [0.2, 0.25) is 0 Å². The monoisotopic (exact) mass is 276 g/mol. The number of rotatable bonds is 7. The third-order valence-corrected chi connectivity index (χ3v) is 3.93. The van der Waals surface area contributed by atoms with Crippen LogP contribution in [0.2, 0.25) is 0 Å². The minimum absolute atomic E-state index is 0.318. The van der Waals surface area contributed by atoms with Crippen molar-refractivity contribution in [2.45, 2.75) is 51.5 Å². The molecule has 1 atom stereocenters. The van der Waals surface area contributed by atoms with E-state index in [0.717, 1.165) is 38.3 Å². The van der Waals surface area contributed by atoms with E-state index < -0.39 is 0 Å². The molecule has 0 spiro atoms. The van der Waals surface area contributed by atoms with Gasteiger partial charge in [-0.15, -0.1) is 0 Å². The van der Waals surface area contributed by atoms with E-state index in [1.54, 1.807) is 0 Å². The SMILES string of the molecule is CCCCCCOc1ccc(N2CCCC(N)C2)cc1. The molecule has 3 nitrogen and oxygen atoms in total. The van der Waals surface area contributed by atoms with Gasteiger partial charge in [-0.05, 0) is 43.5 Å². The summed E-state index contributed by atoms with van der Waals surface area (Å²) in [5.74, 6) is 0.978. The summed E-state index contributed by atoms with van der Waals surface area (Å²) in [4.78, 5) is 2.37. The van der Waals surface area contributed by atoms with Gasteiger partial charge >= 0.3 is 0 Å². The van der Waals surface area contributed by atoms with Crippen molar-refractivity contribution in [2.24, 2.45) is 5.73 Å². The summed E-state index contributed by atoms with van der Waals surface area (Å²) in [6.07, 6.45) is 7.33. The molecular weight excluding hydrogens is 248 g/mol. The summed E-state index contributed by atoms with van der Waals surface area (Å²) in [6, 6.07) is 8.78. The first-order chi connectivity index (χ1) is 9.79. The van der Waals surface area contributed by atoms with Crippen LogP contribution >= 0.6 is 0 Å². The topological polar surface area (TPSA) is 38.5 Å². The lowest BCUT2D eigenvalue weighted by Crippen LogP contribution is -2.42. The van der Waals surface area contributed by atoms with Gasteiger partial charge in [0.05, 0.1) is 6.61 Å². The Morgan fingerprint density at radius 1 is 1.20 bits per heavy atom. The van der Waals surface area contributed by atoms with Gasteiger partial charge in [-0.25, -0.2) is 0 Å². The molecule has 0 radical (unpaired) electrons. The summed E-state index contributed by atoms with van der Waals surface area (Å²) >= 11 is 0. The average Bonchev–Trinajstić information content (AvgIpc) is 2.48. The maximum Gasteiger partial charge on any atom is 0.119 e. The minimum Gasteiger partial charge on any atom is -0.494 e. The third kappa shape index (κ3) is 4.71. The van der Waals surface area contributed by atoms with E-state index in [4.69, 9.17) is 10.5 Å². The van der Waals surface area contributed by atoms with Crippen molar-refractivity contribution < 1.29 is 4.74 Å². The van der Waals surface area contributed by atoms with E-state index in [1.165, 1.54) is 31.4 Å². The van der Waals surface area contributed by atoms with E-state index in [9.17, 15) is 0 Å². The molecule has 0 aromatic heterocycles. The van der Waals surface area contributed by atoms with Gasteiger partial charge in [-0.3, -0.25) is 0 Å². The summed E-state index contributed by atoms with van der Waals surface area (Å²) < 4.78 is 5.77. The second-order valence-corrected chi connectivity index (χ2v) is 5.75. The van der Waals surface area contributed by atoms with Gasteiger partial charge in [0.1, 0.15) is 5.75 Å². The van der Waals surface area contributed by atoms with Crippen LogP contribution in [0.3, 0.4) is 0 Å². The Balaban J connectivity index is 1.77. The number of nitrogens with two attached hydrogens (primary N) is 1. The third-order valence-electron chi connectivity index (χ3n) is 3.93. The smallest absolute Gasteiger partial charge is 0.119 e. The number of ether oxygens (including phenoxy) is 1. The molecule has 1 fully saturated rings. The Morgan fingerprint density at radius 3 is 2.70 bits per heavy atom. The number of nitrogens with zero attached hydrogens (tertiary/aromatic N) is 1. The number of hydrogen-bond donors (Lipinski definition) is 1. The number of benzene rings is 1. The number of piperidine rings is 1. The van der Waals surface area contributed by atoms with Gasteiger partial charge in [0, 0.05) is 24.8 Å². The van der Waals surface area contributed by atoms with Crippen molar-refractivity contribution in [3.63, 3.8) is 0 Å². The average molecular weight is 276 g/mol. The zero-order valence-corrected chi connectivity index (χ0v) is 12.7. The summed E-state index contributed by atoms with van der Waals surface area (Å²) in [7, 11) is 0. The van der Waals surface area contributed by atoms with Crippen molar-refractivity contribution >= 4 is 5.69 Å². The van der Waals surface area contributed by atoms with Crippen molar-refractivity contribution in [3.8, 4) is 5.75 Å². The van der Waals surface area contributed by atoms with Crippen LogP contribution in [0.15, 0.2) is 24.3 Å². The first-order valence-electron chi connectivity index (χ1n) is 8.03. The van der Waals surface area contributed by atoms with Crippen molar-refractivity contribution in [1.82, 2.24) is 0 Å². The van der Waals surface area contributed by atoms with Crippen molar-refractivity contribution in [3.05, 3.63) is 24.3 Å². The maximum absolute atomic E-state index is 6.03. The molecule has 1 unspecified atom stereocenters. The Labute approximate surface area is 123 Å². The molecule has 2 rings (SSSR count). The molecule has 0 saturated carbocycles. The molecule has 1 heterocycles. The second-order valence-electron chi connectivity index (χ2n) is 5.75. The fraction of sp³-hybridized carbons (Fsp3) is 0.647. The number of anilines is 1. The number of unbranched alkanes of at least 4 members (excludes halogenated alkanes) is 3. The van der Waals surface area contributed by atoms with Crippen LogP contribution < -0.4 is 15.4 Å². The molecule has 3 heteroatoms. The number of hydrogen-bond acceptors (Lipinski definition) is 3. The summed E-state index contributed by atoms with van der Waals surface area (Å²) in [5, 5.41) is 0. The van der Waals surface area contributed by atoms with E-state index in [2.05, 4.69) is 36.1 Å². The Morgan fingerprint density at radius 2 is 2.00 bits per heavy atom. The molecule has 2 N–H and O–H groups in total. The fourth-order valence-corrected chi connectivity index (χ4v) is 2.72. The minimum atomic E-state index is 0.318. The van der Waals surface area contributed by atoms with Crippen LogP contribution in [0, 0.1) is 0 Å². The zero-order valence-electron chi connectivity index (χ0n) is 12.7. The molecule has 1 aromatic rings. The van der Waals surface area contributed by atoms with Gasteiger partial charge in [0.25, 0.3) is 0 Å². The molecule has 20 heavy (non-hydrogen) atoms. The fourth-order valence-electron chi connectivity index (χ4n) is 2.72. The maximum atomic E-state index is 6.03. The second kappa shape index (κ2) is 8.15. The first kappa shape index (κ1) is 15.2. The molecule has 112 valence electrons. The molecule has 0 bridgehead atoms. The predicted molar refractivity (Wildman–Crippen MR) is 85.5 cm³/mol. The molecule has 1 aliphatic rings. The van der Waals surface area contributed by atoms with Crippen LogP contribution in [0.4, 0.5) is 5.69 Å². The van der Waals surface area contributed by atoms with Crippen LogP contribution in [-0.2, 0) is 0 Å². The lowest BCUT2D eigenvalue weighted by molar-refractivity contribution is 0.305. The Kier molecular flexibility index (Phi) is 6.19. The highest BCUT2D eigenvalue weighted by molar-refractivity contribution is 5.49. The van der Waals surface area contributed by atoms with Crippen LogP contribution in [0.25, 0.3) is 0 Å². The Hall–Kier alpha value is -1.22. The molecule has 1 aliphatic heterocycles. The molecule has 0 amide bonds. The first-order valence-corrected chi connectivity index (χ1v) is 8.03. The van der Waals surface area contributed by atoms with E-state index in [-0.39, 0.29) is 0 Å². The van der Waals surface area contributed by atoms with Crippen LogP contribution in [-0.4, -0.2) is 25.7 Å². The van der Waals surface area contributed by atoms with E-state index in [1.807, 2.05) is 0 Å². The highest BCUT2D eigenvalue weighted by atomic mass is 16.5. The highest BCUT2D eigenvalue weighted by Crippen LogP contribution is 2.22. The molecule has 1 aromatic carbocycles. The largest absolute Gasteiger partial charge is 0.494 e. The highest BCUT2D eigenvalue weighted by Gasteiger charge is 2.16. The zero-order chi connectivity index (χ0) is 14.2. The molecule has 0 aliphatic carbocycles. The Bertz CT molecular complexity index is 377. The summed E-state index contributed by atoms with van der Waals surface area (Å²) in [5.41, 5.74) is 7.29. The quantitative estimate of drug-likeness (QED) is 0.774. The summed E-state index contributed by atoms with van der Waals surface area (Å²) in [6.45, 7) is 5.14. The normalized spacial score (nSPS) is 19.1. The van der Waals surface area contributed by atoms with Crippen molar-refractivity contribution in [1.29, 1.82) is 0 Å². The van der Waals surface area contributed by atoms with Gasteiger partial charge in [0.15, 0.2) is 0 Å². The molecule has 1 saturated heterocycles. The predicted octanol–water partition coefficient (Wildman–Crippen LogP) is 3.57. The lowest BCUT2D eigenvalue weighted by atomic mass is 10.1. The van der Waals surface area contributed by atoms with E-state index in [0.29, 0.717) is 6.04 Å². The van der Waals surface area contributed by atoms with Crippen molar-refractivity contribution in [2.75, 3.05) is 24.6 Å². The van der Waals surface area contributed by atoms with Crippen LogP contribution in [0.5, 0.6) is 5.75 Å². The van der Waals surface area contributed by atoms with Crippen LogP contribution in [0.1, 0.15) is 45.4 Å². The van der Waals surface area contributed by atoms with Gasteiger partial charge in [-0.1, -0.05) is 26.2 Å². The molecular formula is C17H28N2O. The van der Waals surface area contributed by atoms with Gasteiger partial charge < -0.3 is 15.4 Å². The van der Waals surface area contributed by atoms with E-state index >= 15 is 0 Å². The van der Waals surface area contributed by atoms with Gasteiger partial charge in [-0.2, -0.15) is 0 Å².